The minimum absolute atomic E-state index is 0.0772. The van der Waals surface area contributed by atoms with Gasteiger partial charge in [-0.1, -0.05) is 0 Å². The number of carbonyl (C=O) groups excluding carboxylic acids is 3. The van der Waals surface area contributed by atoms with Gasteiger partial charge in [0.15, 0.2) is 5.78 Å². The van der Waals surface area contributed by atoms with Crippen LogP contribution in [0.5, 0.6) is 0 Å². The smallest absolute Gasteiger partial charge is 0.339 e. The molecule has 140 valence electrons. The van der Waals surface area contributed by atoms with Crippen LogP contribution >= 0.6 is 0 Å². The Morgan fingerprint density at radius 2 is 2.08 bits per heavy atom. The molecule has 0 bridgehead atoms. The molecule has 8 heteroatoms. The molecule has 1 atom stereocenters. The number of amides is 1. The number of Topliss-reactive ketones (excluding diaryl/α,β-unsaturated/α-hetero) is 1. The van der Waals surface area contributed by atoms with Crippen LogP contribution in [0.3, 0.4) is 0 Å². The predicted octanol–water partition coefficient (Wildman–Crippen LogP) is 1.47. The first kappa shape index (κ1) is 19.5. The van der Waals surface area contributed by atoms with Crippen LogP contribution in [0, 0.1) is 6.92 Å². The summed E-state index contributed by atoms with van der Waals surface area (Å²) < 4.78 is 9.89. The normalized spacial score (nSPS) is 13.1. The lowest BCUT2D eigenvalue weighted by molar-refractivity contribution is -0.121. The summed E-state index contributed by atoms with van der Waals surface area (Å²) in [5.41, 5.74) is -0.216. The molecule has 0 aliphatic rings. The Hall–Kier alpha value is -2.87. The van der Waals surface area contributed by atoms with Crippen molar-refractivity contribution >= 4 is 17.7 Å². The maximum Gasteiger partial charge on any atom is 0.339 e. The number of aromatic nitrogens is 1. The second kappa shape index (κ2) is 7.57. The Morgan fingerprint density at radius 3 is 2.62 bits per heavy atom. The Bertz CT molecular complexity index is 817. The monoisotopic (exact) mass is 362 g/mol. The molecule has 3 N–H and O–H groups in total. The second-order valence-corrected chi connectivity index (χ2v) is 6.23. The molecular weight excluding hydrogens is 340 g/mol. The summed E-state index contributed by atoms with van der Waals surface area (Å²) in [6.07, 6.45) is 1.26. The fourth-order valence-electron chi connectivity index (χ4n) is 2.69. The molecule has 1 unspecified atom stereocenters. The van der Waals surface area contributed by atoms with Gasteiger partial charge in [-0.25, -0.2) is 4.79 Å². The number of esters is 1. The van der Waals surface area contributed by atoms with Gasteiger partial charge in [-0.2, -0.15) is 0 Å². The number of H-pyrrole nitrogens is 1. The summed E-state index contributed by atoms with van der Waals surface area (Å²) >= 11 is 0. The molecule has 2 aromatic rings. The van der Waals surface area contributed by atoms with E-state index in [4.69, 9.17) is 9.15 Å². The van der Waals surface area contributed by atoms with E-state index >= 15 is 0 Å². The molecule has 0 spiro atoms. The minimum Gasteiger partial charge on any atom is -0.466 e. The van der Waals surface area contributed by atoms with Crippen molar-refractivity contribution in [1.82, 2.24) is 10.3 Å². The third-order valence-corrected chi connectivity index (χ3v) is 4.09. The number of ketones is 1. The number of ether oxygens (including phenoxy) is 1. The molecule has 0 aliphatic carbocycles. The second-order valence-electron chi connectivity index (χ2n) is 6.23. The van der Waals surface area contributed by atoms with Crippen molar-refractivity contribution in [2.75, 3.05) is 13.7 Å². The quantitative estimate of drug-likeness (QED) is 0.506. The Labute approximate surface area is 150 Å². The van der Waals surface area contributed by atoms with E-state index in [9.17, 15) is 19.5 Å². The summed E-state index contributed by atoms with van der Waals surface area (Å²) in [5.74, 6) is -0.988. The molecule has 2 heterocycles. The van der Waals surface area contributed by atoms with Crippen LogP contribution in [0.15, 0.2) is 22.8 Å². The van der Waals surface area contributed by atoms with Gasteiger partial charge < -0.3 is 24.6 Å². The number of hydrogen-bond donors (Lipinski definition) is 3. The fraction of sp³-hybridized carbons (Fsp3) is 0.389. The number of carbonyl (C=O) groups is 3. The fourth-order valence-corrected chi connectivity index (χ4v) is 2.69. The molecule has 8 nitrogen and oxygen atoms in total. The minimum atomic E-state index is -1.37. The molecule has 1 amide bonds. The van der Waals surface area contributed by atoms with Crippen molar-refractivity contribution in [3.63, 3.8) is 0 Å². The van der Waals surface area contributed by atoms with Gasteiger partial charge in [0.05, 0.1) is 37.6 Å². The molecular formula is C18H22N2O6. The molecule has 2 rings (SSSR count). The van der Waals surface area contributed by atoms with Crippen LogP contribution in [0.4, 0.5) is 0 Å². The largest absolute Gasteiger partial charge is 0.466 e. The van der Waals surface area contributed by atoms with Gasteiger partial charge in [0.25, 0.3) is 0 Å². The highest BCUT2D eigenvalue weighted by molar-refractivity contribution is 6.01. The van der Waals surface area contributed by atoms with Gasteiger partial charge >= 0.3 is 5.97 Å². The number of aliphatic hydroxyl groups is 1. The van der Waals surface area contributed by atoms with Gasteiger partial charge in [0.1, 0.15) is 11.4 Å². The Morgan fingerprint density at radius 1 is 1.38 bits per heavy atom. The number of aromatic amines is 1. The third-order valence-electron chi connectivity index (χ3n) is 4.09. The van der Waals surface area contributed by atoms with Crippen molar-refractivity contribution in [1.29, 1.82) is 0 Å². The molecule has 0 aromatic carbocycles. The zero-order chi connectivity index (χ0) is 19.5. The van der Waals surface area contributed by atoms with Crippen molar-refractivity contribution in [3.05, 3.63) is 46.7 Å². The van der Waals surface area contributed by atoms with Crippen molar-refractivity contribution in [3.8, 4) is 0 Å². The maximum absolute atomic E-state index is 12.3. The average Bonchev–Trinajstić information content (AvgIpc) is 3.21. The van der Waals surface area contributed by atoms with Crippen LogP contribution < -0.4 is 5.32 Å². The van der Waals surface area contributed by atoms with E-state index in [1.165, 1.54) is 27.2 Å². The van der Waals surface area contributed by atoms with Crippen molar-refractivity contribution in [2.24, 2.45) is 0 Å². The molecule has 2 aromatic heterocycles. The van der Waals surface area contributed by atoms with Crippen LogP contribution in [0.2, 0.25) is 0 Å². The van der Waals surface area contributed by atoms with Crippen molar-refractivity contribution < 1.29 is 28.6 Å². The zero-order valence-electron chi connectivity index (χ0n) is 15.1. The first-order valence-electron chi connectivity index (χ1n) is 8.01. The van der Waals surface area contributed by atoms with Crippen LogP contribution in [0.25, 0.3) is 0 Å². The van der Waals surface area contributed by atoms with E-state index in [1.54, 1.807) is 19.1 Å². The van der Waals surface area contributed by atoms with E-state index in [-0.39, 0.29) is 35.7 Å². The summed E-state index contributed by atoms with van der Waals surface area (Å²) in [4.78, 5) is 38.8. The Balaban J connectivity index is 2.15. The highest BCUT2D eigenvalue weighted by Crippen LogP contribution is 2.22. The molecule has 0 saturated heterocycles. The molecule has 0 aliphatic heterocycles. The van der Waals surface area contributed by atoms with Gasteiger partial charge in [0.2, 0.25) is 5.91 Å². The van der Waals surface area contributed by atoms with E-state index in [1.807, 2.05) is 0 Å². The summed E-state index contributed by atoms with van der Waals surface area (Å²) in [6.45, 7) is 4.41. The lowest BCUT2D eigenvalue weighted by atomic mass is 10.0. The van der Waals surface area contributed by atoms with Crippen LogP contribution in [-0.4, -0.2) is 41.4 Å². The highest BCUT2D eigenvalue weighted by Gasteiger charge is 2.28. The lowest BCUT2D eigenvalue weighted by Gasteiger charge is -2.21. The van der Waals surface area contributed by atoms with E-state index in [0.29, 0.717) is 11.3 Å². The van der Waals surface area contributed by atoms with Crippen LogP contribution in [-0.2, 0) is 21.6 Å². The SMILES string of the molecule is COC(=O)c1c(CC(=O)NCC(C)(O)c2ccco2)[nH]c(C(C)=O)c1C. The number of nitrogens with one attached hydrogen (secondary N) is 2. The maximum atomic E-state index is 12.3. The lowest BCUT2D eigenvalue weighted by Crippen LogP contribution is -2.39. The first-order valence-corrected chi connectivity index (χ1v) is 8.01. The Kier molecular flexibility index (Phi) is 5.66. The van der Waals surface area contributed by atoms with Gasteiger partial charge in [0, 0.05) is 12.6 Å². The topological polar surface area (TPSA) is 122 Å². The van der Waals surface area contributed by atoms with E-state index in [2.05, 4.69) is 10.3 Å². The average molecular weight is 362 g/mol. The van der Waals surface area contributed by atoms with E-state index < -0.39 is 17.5 Å². The number of methoxy groups -OCH3 is 1. The predicted molar refractivity (Wildman–Crippen MR) is 91.9 cm³/mol. The van der Waals surface area contributed by atoms with Crippen molar-refractivity contribution in [2.45, 2.75) is 32.8 Å². The molecule has 0 radical (unpaired) electrons. The van der Waals surface area contributed by atoms with Gasteiger partial charge in [-0.05, 0) is 31.5 Å². The number of furan rings is 1. The number of rotatable bonds is 7. The van der Waals surface area contributed by atoms with Gasteiger partial charge in [-0.15, -0.1) is 0 Å². The first-order chi connectivity index (χ1) is 12.2. The standard InChI is InChI=1S/C18H22N2O6/c1-10-15(17(23)25-4)12(20-16(10)11(2)21)8-14(22)19-9-18(3,24)13-6-5-7-26-13/h5-7,20,24H,8-9H2,1-4H3,(H,19,22). The number of hydrogen-bond acceptors (Lipinski definition) is 6. The van der Waals surface area contributed by atoms with Gasteiger partial charge in [-0.3, -0.25) is 9.59 Å². The summed E-state index contributed by atoms with van der Waals surface area (Å²) in [5, 5.41) is 13.0. The molecule has 0 fully saturated rings. The van der Waals surface area contributed by atoms with E-state index in [0.717, 1.165) is 0 Å². The summed E-state index contributed by atoms with van der Waals surface area (Å²) in [7, 11) is 1.23. The third kappa shape index (κ3) is 4.02. The molecule has 0 saturated carbocycles. The highest BCUT2D eigenvalue weighted by atomic mass is 16.5. The molecule has 26 heavy (non-hydrogen) atoms. The summed E-state index contributed by atoms with van der Waals surface area (Å²) in [6, 6.07) is 3.24. The zero-order valence-corrected chi connectivity index (χ0v) is 15.1. The van der Waals surface area contributed by atoms with Crippen LogP contribution in [0.1, 0.15) is 51.7 Å².